The minimum Gasteiger partial charge on any atom is -0.494 e. The van der Waals surface area contributed by atoms with Crippen LogP contribution in [-0.4, -0.2) is 65.0 Å². The molecule has 39 heavy (non-hydrogen) atoms. The first-order valence-electron chi connectivity index (χ1n) is 12.7. The minimum absolute atomic E-state index is 0.184. The fourth-order valence-corrected chi connectivity index (χ4v) is 4.92. The first kappa shape index (κ1) is 28.7. The van der Waals surface area contributed by atoms with E-state index in [1.165, 1.54) is 18.2 Å². The van der Waals surface area contributed by atoms with Crippen molar-refractivity contribution < 1.29 is 35.9 Å². The second-order valence-corrected chi connectivity index (χ2v) is 9.69. The van der Waals surface area contributed by atoms with Crippen LogP contribution in [0.15, 0.2) is 42.5 Å². The first-order chi connectivity index (χ1) is 18.3. The van der Waals surface area contributed by atoms with Crippen LogP contribution in [0.5, 0.6) is 5.75 Å². The Hall–Kier alpha value is -3.28. The summed E-state index contributed by atoms with van der Waals surface area (Å²) in [5.41, 5.74) is 1.63. The number of carbonyl (C=O) groups excluding carboxylic acids is 1. The zero-order chi connectivity index (χ0) is 28.4. The lowest BCUT2D eigenvalue weighted by Gasteiger charge is -2.25. The van der Waals surface area contributed by atoms with Gasteiger partial charge in [-0.05, 0) is 62.2 Å². The van der Waals surface area contributed by atoms with E-state index < -0.39 is 31.3 Å². The monoisotopic (exact) mass is 556 g/mol. The fraction of sp³-hybridized carbons (Fsp3) is 0.481. The highest BCUT2D eigenvalue weighted by molar-refractivity contribution is 5.97. The number of benzene rings is 2. The third-order valence-electron chi connectivity index (χ3n) is 6.70. The number of fused-ring (bicyclic) bond motifs is 1. The lowest BCUT2D eigenvalue weighted by molar-refractivity contribution is -0.171. The molecule has 212 valence electrons. The van der Waals surface area contributed by atoms with E-state index in [2.05, 4.69) is 5.32 Å². The molecular formula is C27H30F6N4O2. The number of hydrogen-bond donors (Lipinski definition) is 1. The van der Waals surface area contributed by atoms with Crippen molar-refractivity contribution >= 4 is 16.9 Å². The Morgan fingerprint density at radius 3 is 2.33 bits per heavy atom. The van der Waals surface area contributed by atoms with E-state index >= 15 is 0 Å². The average molecular weight is 557 g/mol. The SMILES string of the molecule is CCOc1ccc(C(C)c2nc3cc(C(=O)N(CC(F)(F)F)CC(F)(F)F)ccc3n2CC2CCCN2)cc1. The van der Waals surface area contributed by atoms with Gasteiger partial charge < -0.3 is 19.5 Å². The molecule has 0 aliphatic carbocycles. The molecule has 1 amide bonds. The van der Waals surface area contributed by atoms with Gasteiger partial charge in [-0.25, -0.2) is 4.98 Å². The normalized spacial score (nSPS) is 17.0. The van der Waals surface area contributed by atoms with Crippen molar-refractivity contribution in [1.82, 2.24) is 19.8 Å². The number of nitrogens with zero attached hydrogens (tertiary/aromatic N) is 3. The summed E-state index contributed by atoms with van der Waals surface area (Å²) in [4.78, 5) is 17.3. The van der Waals surface area contributed by atoms with Gasteiger partial charge >= 0.3 is 12.4 Å². The number of carbonyl (C=O) groups is 1. The molecule has 0 radical (unpaired) electrons. The van der Waals surface area contributed by atoms with Gasteiger partial charge in [0.1, 0.15) is 24.7 Å². The number of amides is 1. The van der Waals surface area contributed by atoms with Crippen LogP contribution in [0.25, 0.3) is 11.0 Å². The molecule has 6 nitrogen and oxygen atoms in total. The van der Waals surface area contributed by atoms with Crippen molar-refractivity contribution in [3.63, 3.8) is 0 Å². The smallest absolute Gasteiger partial charge is 0.406 e. The van der Waals surface area contributed by atoms with E-state index in [1.54, 1.807) is 0 Å². The molecule has 12 heteroatoms. The summed E-state index contributed by atoms with van der Waals surface area (Å²) < 4.78 is 85.5. The molecule has 2 aromatic carbocycles. The quantitative estimate of drug-likeness (QED) is 0.333. The van der Waals surface area contributed by atoms with Crippen molar-refractivity contribution in [2.45, 2.75) is 57.5 Å². The number of aromatic nitrogens is 2. The molecule has 2 heterocycles. The first-order valence-corrected chi connectivity index (χ1v) is 12.7. The number of imidazole rings is 1. The lowest BCUT2D eigenvalue weighted by atomic mass is 10.00. The van der Waals surface area contributed by atoms with Gasteiger partial charge in [0.05, 0.1) is 17.6 Å². The van der Waals surface area contributed by atoms with Crippen molar-refractivity contribution in [3.05, 3.63) is 59.4 Å². The number of hydrogen-bond acceptors (Lipinski definition) is 4. The molecule has 1 saturated heterocycles. The molecule has 1 fully saturated rings. The molecule has 0 spiro atoms. The molecule has 2 unspecified atom stereocenters. The van der Waals surface area contributed by atoms with Crippen LogP contribution in [0.3, 0.4) is 0 Å². The second kappa shape index (κ2) is 11.4. The van der Waals surface area contributed by atoms with E-state index in [-0.39, 0.29) is 22.4 Å². The largest absolute Gasteiger partial charge is 0.494 e. The molecule has 2 atom stereocenters. The van der Waals surface area contributed by atoms with Gasteiger partial charge in [0.15, 0.2) is 0 Å². The Kier molecular flexibility index (Phi) is 8.43. The van der Waals surface area contributed by atoms with Gasteiger partial charge in [0.2, 0.25) is 0 Å². The van der Waals surface area contributed by atoms with Crippen LogP contribution in [0, 0.1) is 0 Å². The lowest BCUT2D eigenvalue weighted by Crippen LogP contribution is -2.44. The summed E-state index contributed by atoms with van der Waals surface area (Å²) >= 11 is 0. The molecule has 1 aliphatic rings. The number of ether oxygens (including phenoxy) is 1. The molecular weight excluding hydrogens is 526 g/mol. The van der Waals surface area contributed by atoms with E-state index in [1.807, 2.05) is 42.7 Å². The van der Waals surface area contributed by atoms with E-state index in [9.17, 15) is 31.1 Å². The van der Waals surface area contributed by atoms with Gasteiger partial charge in [0.25, 0.3) is 5.91 Å². The number of nitrogens with one attached hydrogen (secondary N) is 1. The van der Waals surface area contributed by atoms with E-state index in [0.717, 1.165) is 30.7 Å². The standard InChI is InChI=1S/C27H30F6N4O2/c1-3-39-21-9-6-18(7-10-21)17(2)24-35-22-13-19(8-11-23(22)37(24)14-20-5-4-12-34-20)25(38)36(15-26(28,29)30)16-27(31,32)33/h6-11,13,17,20,34H,3-5,12,14-16H2,1-2H3. The molecule has 3 aromatic rings. The second-order valence-electron chi connectivity index (χ2n) is 9.69. The number of halogens is 6. The third kappa shape index (κ3) is 7.23. The maximum Gasteiger partial charge on any atom is 0.406 e. The highest BCUT2D eigenvalue weighted by Gasteiger charge is 2.40. The predicted octanol–water partition coefficient (Wildman–Crippen LogP) is 5.91. The highest BCUT2D eigenvalue weighted by atomic mass is 19.4. The zero-order valence-electron chi connectivity index (χ0n) is 21.6. The summed E-state index contributed by atoms with van der Waals surface area (Å²) in [5, 5.41) is 3.44. The molecule has 0 bridgehead atoms. The molecule has 4 rings (SSSR count). The average Bonchev–Trinajstić information content (AvgIpc) is 3.50. The van der Waals surface area contributed by atoms with Crippen LogP contribution in [0.2, 0.25) is 0 Å². The van der Waals surface area contributed by atoms with Gasteiger partial charge in [-0.3, -0.25) is 4.79 Å². The molecule has 0 saturated carbocycles. The Morgan fingerprint density at radius 2 is 1.77 bits per heavy atom. The predicted molar refractivity (Wildman–Crippen MR) is 134 cm³/mol. The van der Waals surface area contributed by atoms with Gasteiger partial charge in [-0.15, -0.1) is 0 Å². The van der Waals surface area contributed by atoms with Crippen LogP contribution in [0.1, 0.15) is 54.4 Å². The van der Waals surface area contributed by atoms with Crippen LogP contribution >= 0.6 is 0 Å². The Labute approximate surface area is 221 Å². The van der Waals surface area contributed by atoms with Crippen molar-refractivity contribution in [1.29, 1.82) is 0 Å². The maximum absolute atomic E-state index is 13.0. The summed E-state index contributed by atoms with van der Waals surface area (Å²) in [6, 6.07) is 11.8. The third-order valence-corrected chi connectivity index (χ3v) is 6.70. The van der Waals surface area contributed by atoms with Crippen LogP contribution in [0.4, 0.5) is 26.3 Å². The summed E-state index contributed by atoms with van der Waals surface area (Å²) in [7, 11) is 0. The topological polar surface area (TPSA) is 59.4 Å². The Balaban J connectivity index is 1.72. The van der Waals surface area contributed by atoms with Crippen molar-refractivity contribution in [2.24, 2.45) is 0 Å². The minimum atomic E-state index is -4.98. The maximum atomic E-state index is 13.0. The Bertz CT molecular complexity index is 1260. The molecule has 1 aromatic heterocycles. The fourth-order valence-electron chi connectivity index (χ4n) is 4.92. The zero-order valence-corrected chi connectivity index (χ0v) is 21.6. The van der Waals surface area contributed by atoms with Gasteiger partial charge in [0, 0.05) is 24.1 Å². The molecule has 1 aliphatic heterocycles. The summed E-state index contributed by atoms with van der Waals surface area (Å²) in [5.74, 6) is -0.155. The summed E-state index contributed by atoms with van der Waals surface area (Å²) in [6.45, 7) is 1.83. The molecule has 1 N–H and O–H groups in total. The van der Waals surface area contributed by atoms with E-state index in [4.69, 9.17) is 9.72 Å². The van der Waals surface area contributed by atoms with E-state index in [0.29, 0.717) is 30.0 Å². The van der Waals surface area contributed by atoms with Crippen LogP contribution in [-0.2, 0) is 6.54 Å². The van der Waals surface area contributed by atoms with Gasteiger partial charge in [-0.1, -0.05) is 19.1 Å². The number of alkyl halides is 6. The number of rotatable bonds is 9. The van der Waals surface area contributed by atoms with Crippen molar-refractivity contribution in [2.75, 3.05) is 26.2 Å². The van der Waals surface area contributed by atoms with Crippen molar-refractivity contribution in [3.8, 4) is 5.75 Å². The van der Waals surface area contributed by atoms with Gasteiger partial charge in [-0.2, -0.15) is 26.3 Å². The highest BCUT2D eigenvalue weighted by Crippen LogP contribution is 2.31. The Morgan fingerprint density at radius 1 is 1.10 bits per heavy atom. The van der Waals surface area contributed by atoms with Crippen LogP contribution < -0.4 is 10.1 Å². The summed E-state index contributed by atoms with van der Waals surface area (Å²) in [6.07, 6.45) is -7.99.